The maximum atomic E-state index is 14.2. The highest BCUT2D eigenvalue weighted by Crippen LogP contribution is 2.48. The molecule has 1 aromatic heterocycles. The molecule has 1 amide bonds. The van der Waals surface area contributed by atoms with E-state index in [9.17, 15) is 18.0 Å². The third kappa shape index (κ3) is 5.76. The summed E-state index contributed by atoms with van der Waals surface area (Å²) in [7, 11) is 1.71. The number of hydrogen-bond acceptors (Lipinski definition) is 5. The van der Waals surface area contributed by atoms with E-state index in [1.807, 2.05) is 0 Å². The number of aromatic amines is 1. The monoisotopic (exact) mass is 535 g/mol. The smallest absolute Gasteiger partial charge is 0.385 e. The van der Waals surface area contributed by atoms with E-state index in [4.69, 9.17) is 4.74 Å². The summed E-state index contributed by atoms with van der Waals surface area (Å²) in [6.45, 7) is 7.74. The number of rotatable bonds is 10. The molecule has 10 heteroatoms. The molecule has 2 heterocycles. The van der Waals surface area contributed by atoms with E-state index < -0.39 is 17.2 Å². The Kier molecular flexibility index (Phi) is 8.82. The van der Waals surface area contributed by atoms with Crippen LogP contribution in [0.3, 0.4) is 0 Å². The van der Waals surface area contributed by atoms with Gasteiger partial charge in [-0.15, -0.1) is 0 Å². The van der Waals surface area contributed by atoms with Crippen molar-refractivity contribution >= 4 is 5.91 Å². The Morgan fingerprint density at radius 3 is 2.74 bits per heavy atom. The molecule has 2 N–H and O–H groups in total. The van der Waals surface area contributed by atoms with Crippen molar-refractivity contribution in [3.05, 3.63) is 35.2 Å². The molecule has 0 bridgehead atoms. The molecule has 0 saturated heterocycles. The maximum absolute atomic E-state index is 14.2. The molecule has 4 unspecified atom stereocenters. The number of alkyl halides is 3. The topological polar surface area (TPSA) is 83.1 Å². The van der Waals surface area contributed by atoms with Crippen LogP contribution >= 0.6 is 0 Å². The minimum Gasteiger partial charge on any atom is -0.385 e. The van der Waals surface area contributed by atoms with Crippen molar-refractivity contribution in [1.82, 2.24) is 25.4 Å². The third-order valence-electron chi connectivity index (χ3n) is 8.79. The van der Waals surface area contributed by atoms with E-state index in [0.29, 0.717) is 42.6 Å². The Bertz CT molecular complexity index is 1090. The predicted octanol–water partition coefficient (Wildman–Crippen LogP) is 5.36. The molecular formula is C28H40F3N5O2. The molecule has 2 aromatic rings. The predicted molar refractivity (Wildman–Crippen MR) is 139 cm³/mol. The van der Waals surface area contributed by atoms with Gasteiger partial charge >= 0.3 is 6.18 Å². The van der Waals surface area contributed by atoms with Crippen LogP contribution in [0.4, 0.5) is 13.2 Å². The van der Waals surface area contributed by atoms with E-state index in [2.05, 4.69) is 41.3 Å². The zero-order valence-electron chi connectivity index (χ0n) is 22.8. The van der Waals surface area contributed by atoms with Crippen LogP contribution in [0, 0.1) is 11.3 Å². The fraction of sp³-hybridized carbons (Fsp3) is 0.679. The normalized spacial score (nSPS) is 23.3. The van der Waals surface area contributed by atoms with Crippen molar-refractivity contribution in [2.45, 2.75) is 90.5 Å². The zero-order valence-corrected chi connectivity index (χ0v) is 22.8. The second kappa shape index (κ2) is 11.7. The van der Waals surface area contributed by atoms with Gasteiger partial charge < -0.3 is 15.0 Å². The molecule has 4 atom stereocenters. The number of carbonyl (C=O) groups excluding carboxylic acids is 1. The van der Waals surface area contributed by atoms with Crippen LogP contribution in [0.25, 0.3) is 11.4 Å². The van der Waals surface area contributed by atoms with E-state index in [1.54, 1.807) is 12.0 Å². The third-order valence-corrected chi connectivity index (χ3v) is 8.79. The number of carbonyl (C=O) groups is 1. The minimum absolute atomic E-state index is 0.0744. The summed E-state index contributed by atoms with van der Waals surface area (Å²) in [4.78, 5) is 20.1. The molecule has 38 heavy (non-hydrogen) atoms. The quantitative estimate of drug-likeness (QED) is 0.428. The molecule has 1 aromatic carbocycles. The summed E-state index contributed by atoms with van der Waals surface area (Å²) in [5.74, 6) is 0.561. The fourth-order valence-electron chi connectivity index (χ4n) is 6.36. The zero-order chi connectivity index (χ0) is 27.5. The molecule has 2 aliphatic rings. The summed E-state index contributed by atoms with van der Waals surface area (Å²) in [6, 6.07) is 2.91. The van der Waals surface area contributed by atoms with E-state index in [0.717, 1.165) is 50.2 Å². The van der Waals surface area contributed by atoms with Crippen molar-refractivity contribution < 1.29 is 22.7 Å². The molecule has 7 nitrogen and oxygen atoms in total. The molecule has 1 aliphatic carbocycles. The molecule has 0 spiro atoms. The Morgan fingerprint density at radius 2 is 2.11 bits per heavy atom. The van der Waals surface area contributed by atoms with E-state index >= 15 is 0 Å². The number of nitrogens with zero attached hydrogens (tertiary/aromatic N) is 3. The Balaban J connectivity index is 1.59. The van der Waals surface area contributed by atoms with E-state index in [1.165, 1.54) is 12.4 Å². The summed E-state index contributed by atoms with van der Waals surface area (Å²) in [5, 5.41) is 10.3. The van der Waals surface area contributed by atoms with Crippen molar-refractivity contribution in [2.75, 3.05) is 20.3 Å². The standard InChI is InChI=1S/C28H40F3N5O2/c1-5-18(3)27(10-7-22(15-27)34-21(6-2)9-12-38-4)26(37)36-11-8-23-19(16-36)13-20(28(29,30)31)14-24(23)25-32-17-33-35-25/h13-14,17-18,21-22,34H,5-12,15-16H2,1-4H3,(H,32,33,35). The first-order chi connectivity index (χ1) is 18.1. The van der Waals surface area contributed by atoms with Crippen molar-refractivity contribution in [3.8, 4) is 11.4 Å². The summed E-state index contributed by atoms with van der Waals surface area (Å²) in [6.07, 6.45) is 2.50. The molecule has 1 aliphatic heterocycles. The second-order valence-corrected chi connectivity index (χ2v) is 10.9. The number of ether oxygens (including phenoxy) is 1. The van der Waals surface area contributed by atoms with Crippen LogP contribution in [-0.4, -0.2) is 58.3 Å². The highest BCUT2D eigenvalue weighted by atomic mass is 19.4. The van der Waals surface area contributed by atoms with Crippen molar-refractivity contribution in [3.63, 3.8) is 0 Å². The Labute approximate surface area is 222 Å². The molecule has 1 saturated carbocycles. The highest BCUT2D eigenvalue weighted by molar-refractivity contribution is 5.84. The van der Waals surface area contributed by atoms with Crippen LogP contribution in [0.5, 0.6) is 0 Å². The Hall–Kier alpha value is -2.46. The van der Waals surface area contributed by atoms with Gasteiger partial charge in [0.25, 0.3) is 0 Å². The summed E-state index contributed by atoms with van der Waals surface area (Å²) < 4.78 is 46.7. The fourth-order valence-corrected chi connectivity index (χ4v) is 6.36. The number of nitrogens with one attached hydrogen (secondary N) is 2. The summed E-state index contributed by atoms with van der Waals surface area (Å²) in [5.41, 5.74) is 0.483. The summed E-state index contributed by atoms with van der Waals surface area (Å²) >= 11 is 0. The Morgan fingerprint density at radius 1 is 1.32 bits per heavy atom. The van der Waals surface area contributed by atoms with Gasteiger partial charge in [-0.1, -0.05) is 27.2 Å². The van der Waals surface area contributed by atoms with Crippen LogP contribution < -0.4 is 5.32 Å². The minimum atomic E-state index is -4.50. The number of aromatic nitrogens is 3. The van der Waals surface area contributed by atoms with Gasteiger partial charge in [0, 0.05) is 44.5 Å². The van der Waals surface area contributed by atoms with Gasteiger partial charge in [0.2, 0.25) is 5.91 Å². The van der Waals surface area contributed by atoms with Gasteiger partial charge in [-0.3, -0.25) is 9.89 Å². The maximum Gasteiger partial charge on any atom is 0.416 e. The molecule has 4 rings (SSSR count). The number of methoxy groups -OCH3 is 1. The molecule has 1 fully saturated rings. The number of hydrogen-bond donors (Lipinski definition) is 2. The van der Waals surface area contributed by atoms with Gasteiger partial charge in [-0.05, 0) is 67.7 Å². The molecular weight excluding hydrogens is 495 g/mol. The van der Waals surface area contributed by atoms with Crippen LogP contribution in [-0.2, 0) is 28.7 Å². The molecule has 0 radical (unpaired) electrons. The average molecular weight is 536 g/mol. The lowest BCUT2D eigenvalue weighted by Crippen LogP contribution is -2.49. The van der Waals surface area contributed by atoms with E-state index in [-0.39, 0.29) is 24.4 Å². The highest BCUT2D eigenvalue weighted by Gasteiger charge is 2.50. The lowest BCUT2D eigenvalue weighted by atomic mass is 9.71. The lowest BCUT2D eigenvalue weighted by Gasteiger charge is -2.41. The van der Waals surface area contributed by atoms with Gasteiger partial charge in [-0.2, -0.15) is 18.3 Å². The van der Waals surface area contributed by atoms with Crippen molar-refractivity contribution in [1.29, 1.82) is 0 Å². The van der Waals surface area contributed by atoms with Gasteiger partial charge in [-0.25, -0.2) is 4.98 Å². The van der Waals surface area contributed by atoms with Crippen LogP contribution in [0.2, 0.25) is 0 Å². The first-order valence-electron chi connectivity index (χ1n) is 13.8. The van der Waals surface area contributed by atoms with Crippen LogP contribution in [0.1, 0.15) is 76.0 Å². The van der Waals surface area contributed by atoms with Crippen molar-refractivity contribution in [2.24, 2.45) is 11.3 Å². The molecule has 210 valence electrons. The number of benzene rings is 1. The van der Waals surface area contributed by atoms with Gasteiger partial charge in [0.05, 0.1) is 11.0 Å². The second-order valence-electron chi connectivity index (χ2n) is 10.9. The number of H-pyrrole nitrogens is 1. The van der Waals surface area contributed by atoms with Crippen LogP contribution in [0.15, 0.2) is 18.5 Å². The number of halogens is 3. The number of fused-ring (bicyclic) bond motifs is 1. The average Bonchev–Trinajstić information content (AvgIpc) is 3.60. The SMILES string of the molecule is CCC(CCOC)NC1CCC(C(=O)N2CCc3c(cc(C(F)(F)F)cc3-c3ncn[nH]3)C2)(C(C)CC)C1. The first-order valence-corrected chi connectivity index (χ1v) is 13.8. The first kappa shape index (κ1) is 28.5. The van der Waals surface area contributed by atoms with Gasteiger partial charge in [0.1, 0.15) is 6.33 Å². The number of amides is 1. The lowest BCUT2D eigenvalue weighted by molar-refractivity contribution is -0.146. The van der Waals surface area contributed by atoms with Gasteiger partial charge in [0.15, 0.2) is 5.82 Å². The largest absolute Gasteiger partial charge is 0.416 e.